The second-order valence-corrected chi connectivity index (χ2v) is 4.90. The molecule has 2 heterocycles. The zero-order chi connectivity index (χ0) is 15.7. The first kappa shape index (κ1) is 13.9. The number of fused-ring (bicyclic) bond motifs is 1. The number of ether oxygens (including phenoxy) is 1. The van der Waals surface area contributed by atoms with Gasteiger partial charge in [0, 0.05) is 30.2 Å². The number of H-pyrrole nitrogens is 1. The van der Waals surface area contributed by atoms with Crippen molar-refractivity contribution in [1.29, 1.82) is 0 Å². The first-order valence-corrected chi connectivity index (χ1v) is 6.72. The van der Waals surface area contributed by atoms with Crippen molar-refractivity contribution in [3.05, 3.63) is 58.6 Å². The Labute approximate surface area is 126 Å². The normalized spacial score (nSPS) is 10.6. The molecule has 0 aliphatic rings. The van der Waals surface area contributed by atoms with Crippen LogP contribution in [0.2, 0.25) is 0 Å². The van der Waals surface area contributed by atoms with Crippen LogP contribution in [-0.4, -0.2) is 22.6 Å². The minimum Gasteiger partial charge on any atom is -0.491 e. The molecule has 0 fully saturated rings. The Morgan fingerprint density at radius 2 is 2.14 bits per heavy atom. The molecule has 0 radical (unpaired) electrons. The monoisotopic (exact) mass is 297 g/mol. The molecule has 22 heavy (non-hydrogen) atoms. The molecule has 1 amide bonds. The van der Waals surface area contributed by atoms with Gasteiger partial charge in [-0.15, -0.1) is 0 Å². The molecule has 2 N–H and O–H groups in total. The first-order valence-electron chi connectivity index (χ1n) is 6.72. The topological polar surface area (TPSA) is 76.1 Å². The van der Waals surface area contributed by atoms with Crippen LogP contribution in [0.15, 0.2) is 47.5 Å². The maximum absolute atomic E-state index is 12.4. The molecule has 0 bridgehead atoms. The molecule has 0 saturated carbocycles. The number of carbonyl (C=O) groups excluding carboxylic acids is 1. The molecule has 0 spiro atoms. The SMILES string of the molecule is COc1cn(C)c(C(=O)Nc2cccc3[nH]ccc23)cc1=O. The number of methoxy groups -OCH3 is 1. The summed E-state index contributed by atoms with van der Waals surface area (Å²) in [6.45, 7) is 0. The second kappa shape index (κ2) is 5.40. The van der Waals surface area contributed by atoms with Gasteiger partial charge in [0.25, 0.3) is 5.91 Å². The van der Waals surface area contributed by atoms with Gasteiger partial charge in [0.1, 0.15) is 5.69 Å². The van der Waals surface area contributed by atoms with E-state index in [2.05, 4.69) is 10.3 Å². The van der Waals surface area contributed by atoms with E-state index in [0.717, 1.165) is 10.9 Å². The summed E-state index contributed by atoms with van der Waals surface area (Å²) < 4.78 is 6.52. The van der Waals surface area contributed by atoms with Gasteiger partial charge in [0.15, 0.2) is 5.75 Å². The van der Waals surface area contributed by atoms with Crippen molar-refractivity contribution in [2.24, 2.45) is 7.05 Å². The summed E-state index contributed by atoms with van der Waals surface area (Å²) >= 11 is 0. The molecule has 0 aliphatic carbocycles. The molecule has 1 aromatic carbocycles. The fourth-order valence-electron chi connectivity index (χ4n) is 2.37. The highest BCUT2D eigenvalue weighted by Crippen LogP contribution is 2.22. The number of aromatic nitrogens is 2. The predicted octanol–water partition coefficient (Wildman–Crippen LogP) is 2.13. The van der Waals surface area contributed by atoms with Crippen LogP contribution in [0.1, 0.15) is 10.5 Å². The van der Waals surface area contributed by atoms with E-state index in [-0.39, 0.29) is 22.8 Å². The van der Waals surface area contributed by atoms with E-state index >= 15 is 0 Å². The molecule has 0 unspecified atom stereocenters. The Morgan fingerprint density at radius 3 is 2.91 bits per heavy atom. The fourth-order valence-corrected chi connectivity index (χ4v) is 2.37. The number of amides is 1. The summed E-state index contributed by atoms with van der Waals surface area (Å²) in [7, 11) is 3.11. The maximum Gasteiger partial charge on any atom is 0.272 e. The molecule has 3 aromatic rings. The number of nitrogens with one attached hydrogen (secondary N) is 2. The van der Waals surface area contributed by atoms with Crippen molar-refractivity contribution in [3.8, 4) is 5.75 Å². The number of pyridine rings is 1. The summed E-state index contributed by atoms with van der Waals surface area (Å²) in [6, 6.07) is 8.74. The van der Waals surface area contributed by atoms with Crippen molar-refractivity contribution in [2.45, 2.75) is 0 Å². The average molecular weight is 297 g/mol. The fraction of sp³-hybridized carbons (Fsp3) is 0.125. The minimum atomic E-state index is -0.351. The van der Waals surface area contributed by atoms with Crippen molar-refractivity contribution in [3.63, 3.8) is 0 Å². The van der Waals surface area contributed by atoms with Crippen LogP contribution in [0.4, 0.5) is 5.69 Å². The Kier molecular flexibility index (Phi) is 3.42. The Balaban J connectivity index is 1.97. The van der Waals surface area contributed by atoms with Crippen LogP contribution in [-0.2, 0) is 7.05 Å². The van der Waals surface area contributed by atoms with Gasteiger partial charge in [-0.25, -0.2) is 0 Å². The van der Waals surface area contributed by atoms with Crippen LogP contribution in [0.3, 0.4) is 0 Å². The Hall–Kier alpha value is -3.02. The highest BCUT2D eigenvalue weighted by Gasteiger charge is 2.13. The van der Waals surface area contributed by atoms with Crippen LogP contribution in [0, 0.1) is 0 Å². The third-order valence-corrected chi connectivity index (χ3v) is 3.50. The van der Waals surface area contributed by atoms with Gasteiger partial charge in [-0.3, -0.25) is 9.59 Å². The number of carbonyl (C=O) groups is 1. The Bertz CT molecular complexity index is 908. The highest BCUT2D eigenvalue weighted by atomic mass is 16.5. The third kappa shape index (κ3) is 2.35. The second-order valence-electron chi connectivity index (χ2n) is 4.90. The van der Waals surface area contributed by atoms with Gasteiger partial charge >= 0.3 is 0 Å². The van der Waals surface area contributed by atoms with Crippen molar-refractivity contribution < 1.29 is 9.53 Å². The molecular weight excluding hydrogens is 282 g/mol. The number of hydrogen-bond donors (Lipinski definition) is 2. The van der Waals surface area contributed by atoms with Crippen LogP contribution in [0.25, 0.3) is 10.9 Å². The number of rotatable bonds is 3. The predicted molar refractivity (Wildman–Crippen MR) is 84.5 cm³/mol. The maximum atomic E-state index is 12.4. The Morgan fingerprint density at radius 1 is 1.32 bits per heavy atom. The van der Waals surface area contributed by atoms with E-state index in [1.54, 1.807) is 11.6 Å². The molecule has 112 valence electrons. The lowest BCUT2D eigenvalue weighted by Crippen LogP contribution is -2.21. The van der Waals surface area contributed by atoms with Crippen molar-refractivity contribution in [2.75, 3.05) is 12.4 Å². The largest absolute Gasteiger partial charge is 0.491 e. The zero-order valence-electron chi connectivity index (χ0n) is 12.2. The van der Waals surface area contributed by atoms with Crippen molar-refractivity contribution in [1.82, 2.24) is 9.55 Å². The van der Waals surface area contributed by atoms with Gasteiger partial charge in [-0.1, -0.05) is 6.07 Å². The average Bonchev–Trinajstić information content (AvgIpc) is 2.98. The van der Waals surface area contributed by atoms with E-state index in [1.165, 1.54) is 19.4 Å². The lowest BCUT2D eigenvalue weighted by Gasteiger charge is -2.11. The number of aromatic amines is 1. The number of aryl methyl sites for hydroxylation is 1. The molecule has 2 aromatic heterocycles. The third-order valence-electron chi connectivity index (χ3n) is 3.50. The standard InChI is InChI=1S/C16H15N3O3/c1-19-9-15(22-2)14(20)8-13(19)16(21)18-12-5-3-4-11-10(12)6-7-17-11/h3-9,17H,1-2H3,(H,18,21). The van der Waals surface area contributed by atoms with E-state index in [4.69, 9.17) is 4.74 Å². The zero-order valence-corrected chi connectivity index (χ0v) is 12.2. The van der Waals surface area contributed by atoms with E-state index < -0.39 is 0 Å². The van der Waals surface area contributed by atoms with Gasteiger partial charge in [-0.05, 0) is 18.2 Å². The van der Waals surface area contributed by atoms with Gasteiger partial charge in [0.05, 0.1) is 19.0 Å². The minimum absolute atomic E-state index is 0.201. The molecule has 0 saturated heterocycles. The van der Waals surface area contributed by atoms with E-state index in [1.807, 2.05) is 30.5 Å². The number of anilines is 1. The quantitative estimate of drug-likeness (QED) is 0.777. The van der Waals surface area contributed by atoms with Crippen LogP contribution < -0.4 is 15.5 Å². The molecule has 6 nitrogen and oxygen atoms in total. The molecular formula is C16H15N3O3. The molecule has 3 rings (SSSR count). The molecule has 6 heteroatoms. The van der Waals surface area contributed by atoms with Crippen LogP contribution >= 0.6 is 0 Å². The lowest BCUT2D eigenvalue weighted by molar-refractivity contribution is 0.101. The summed E-state index contributed by atoms with van der Waals surface area (Å²) in [5.74, 6) is -0.150. The highest BCUT2D eigenvalue weighted by molar-refractivity contribution is 6.08. The number of hydrogen-bond acceptors (Lipinski definition) is 3. The summed E-state index contributed by atoms with van der Waals surface area (Å²) in [5, 5.41) is 3.74. The van der Waals surface area contributed by atoms with Crippen molar-refractivity contribution >= 4 is 22.5 Å². The number of benzene rings is 1. The lowest BCUT2D eigenvalue weighted by atomic mass is 10.2. The first-order chi connectivity index (χ1) is 10.6. The molecule has 0 aliphatic heterocycles. The van der Waals surface area contributed by atoms with E-state index in [0.29, 0.717) is 5.69 Å². The summed E-state index contributed by atoms with van der Waals surface area (Å²) in [4.78, 5) is 27.3. The van der Waals surface area contributed by atoms with Gasteiger partial charge in [0.2, 0.25) is 5.43 Å². The summed E-state index contributed by atoms with van der Waals surface area (Å²) in [5.41, 5.74) is 1.55. The van der Waals surface area contributed by atoms with Crippen LogP contribution in [0.5, 0.6) is 5.75 Å². The van der Waals surface area contributed by atoms with Gasteiger partial charge < -0.3 is 19.6 Å². The smallest absolute Gasteiger partial charge is 0.272 e. The van der Waals surface area contributed by atoms with Gasteiger partial charge in [-0.2, -0.15) is 0 Å². The van der Waals surface area contributed by atoms with E-state index in [9.17, 15) is 9.59 Å². The molecule has 0 atom stereocenters. The summed E-state index contributed by atoms with van der Waals surface area (Å²) in [6.07, 6.45) is 3.30. The number of nitrogens with zero attached hydrogens (tertiary/aromatic N) is 1.